The monoisotopic (exact) mass is 269 g/mol. The van der Waals surface area contributed by atoms with Crippen molar-refractivity contribution in [2.24, 2.45) is 0 Å². The first kappa shape index (κ1) is 13.9. The highest BCUT2D eigenvalue weighted by atomic mass is 16.1. The maximum absolute atomic E-state index is 11.7. The summed E-state index contributed by atoms with van der Waals surface area (Å²) in [7, 11) is 0. The number of anilines is 3. The highest BCUT2D eigenvalue weighted by molar-refractivity contribution is 5.96. The minimum Gasteiger partial charge on any atom is -0.397 e. The molecule has 0 saturated heterocycles. The quantitative estimate of drug-likeness (QED) is 0.747. The van der Waals surface area contributed by atoms with E-state index in [1.165, 1.54) is 5.56 Å². The Labute approximate surface area is 119 Å². The first-order valence-corrected chi connectivity index (χ1v) is 6.61. The van der Waals surface area contributed by atoms with E-state index in [-0.39, 0.29) is 5.91 Å². The molecule has 0 aliphatic carbocycles. The zero-order chi connectivity index (χ0) is 14.5. The van der Waals surface area contributed by atoms with Crippen LogP contribution in [0.15, 0.2) is 42.5 Å². The normalized spacial score (nSPS) is 10.1. The molecule has 0 spiro atoms. The lowest BCUT2D eigenvalue weighted by Crippen LogP contribution is -2.22. The lowest BCUT2D eigenvalue weighted by molar-refractivity contribution is 0.0956. The van der Waals surface area contributed by atoms with Crippen LogP contribution in [-0.2, 0) is 0 Å². The first-order valence-electron chi connectivity index (χ1n) is 6.61. The summed E-state index contributed by atoms with van der Waals surface area (Å²) < 4.78 is 0. The number of nitrogens with one attached hydrogen (secondary N) is 2. The van der Waals surface area contributed by atoms with Gasteiger partial charge in [-0.2, -0.15) is 0 Å². The Morgan fingerprint density at radius 3 is 2.65 bits per heavy atom. The minimum atomic E-state index is -0.110. The molecule has 2 aromatic carbocycles. The van der Waals surface area contributed by atoms with Gasteiger partial charge in [0.1, 0.15) is 0 Å². The summed E-state index contributed by atoms with van der Waals surface area (Å²) in [5.74, 6) is -0.110. The van der Waals surface area contributed by atoms with Crippen molar-refractivity contribution in [2.75, 3.05) is 17.6 Å². The van der Waals surface area contributed by atoms with E-state index in [4.69, 9.17) is 5.73 Å². The van der Waals surface area contributed by atoms with Crippen LogP contribution in [0.25, 0.3) is 0 Å². The summed E-state index contributed by atoms with van der Waals surface area (Å²) in [5, 5.41) is 6.01. The Morgan fingerprint density at radius 1 is 1.20 bits per heavy atom. The van der Waals surface area contributed by atoms with E-state index in [0.29, 0.717) is 17.8 Å². The molecular weight excluding hydrogens is 250 g/mol. The fourth-order valence-corrected chi connectivity index (χ4v) is 1.96. The number of nitrogens with two attached hydrogens (primary N) is 1. The number of carbonyl (C=O) groups excluding carboxylic acids is 1. The fraction of sp³-hybridized carbons (Fsp3) is 0.188. The number of amides is 1. The van der Waals surface area contributed by atoms with Crippen LogP contribution < -0.4 is 16.4 Å². The number of carbonyl (C=O) groups is 1. The molecule has 0 unspecified atom stereocenters. The molecule has 104 valence electrons. The second-order valence-electron chi connectivity index (χ2n) is 4.66. The molecule has 2 aromatic rings. The number of aryl methyl sites for hydroxylation is 1. The molecule has 4 nitrogen and oxygen atoms in total. The van der Waals surface area contributed by atoms with Crippen molar-refractivity contribution >= 4 is 23.0 Å². The van der Waals surface area contributed by atoms with E-state index in [0.717, 1.165) is 11.4 Å². The lowest BCUT2D eigenvalue weighted by Gasteiger charge is -2.11. The van der Waals surface area contributed by atoms with Crippen molar-refractivity contribution in [1.29, 1.82) is 0 Å². The van der Waals surface area contributed by atoms with Crippen molar-refractivity contribution in [2.45, 2.75) is 13.8 Å². The summed E-state index contributed by atoms with van der Waals surface area (Å²) in [6.07, 6.45) is 0. The smallest absolute Gasteiger partial charge is 0.251 e. The molecule has 0 bridgehead atoms. The van der Waals surface area contributed by atoms with Crippen LogP contribution in [0.5, 0.6) is 0 Å². The van der Waals surface area contributed by atoms with Gasteiger partial charge < -0.3 is 16.4 Å². The Bertz CT molecular complexity index is 623. The third kappa shape index (κ3) is 3.29. The van der Waals surface area contributed by atoms with Gasteiger partial charge in [0.05, 0.1) is 11.4 Å². The number of nitrogen functional groups attached to an aromatic ring is 1. The van der Waals surface area contributed by atoms with Crippen LogP contribution in [0, 0.1) is 6.92 Å². The van der Waals surface area contributed by atoms with Gasteiger partial charge >= 0.3 is 0 Å². The minimum absolute atomic E-state index is 0.110. The molecule has 0 heterocycles. The van der Waals surface area contributed by atoms with Crippen LogP contribution in [-0.4, -0.2) is 12.5 Å². The van der Waals surface area contributed by atoms with Crippen molar-refractivity contribution in [1.82, 2.24) is 5.32 Å². The molecule has 4 heteroatoms. The largest absolute Gasteiger partial charge is 0.397 e. The zero-order valence-electron chi connectivity index (χ0n) is 11.7. The van der Waals surface area contributed by atoms with Gasteiger partial charge in [0.2, 0.25) is 0 Å². The summed E-state index contributed by atoms with van der Waals surface area (Å²) in [5.41, 5.74) is 10.1. The zero-order valence-corrected chi connectivity index (χ0v) is 11.7. The molecular formula is C16H19N3O. The van der Waals surface area contributed by atoms with Crippen molar-refractivity contribution in [3.63, 3.8) is 0 Å². The Balaban J connectivity index is 2.20. The van der Waals surface area contributed by atoms with E-state index in [2.05, 4.69) is 10.6 Å². The second-order valence-corrected chi connectivity index (χ2v) is 4.66. The Morgan fingerprint density at radius 2 is 2.00 bits per heavy atom. The molecule has 0 fully saturated rings. The molecule has 20 heavy (non-hydrogen) atoms. The van der Waals surface area contributed by atoms with E-state index in [1.54, 1.807) is 12.1 Å². The van der Waals surface area contributed by atoms with Crippen molar-refractivity contribution < 1.29 is 4.79 Å². The maximum Gasteiger partial charge on any atom is 0.251 e. The summed E-state index contributed by atoms with van der Waals surface area (Å²) in [4.78, 5) is 11.7. The highest BCUT2D eigenvalue weighted by Crippen LogP contribution is 2.24. The van der Waals surface area contributed by atoms with E-state index in [9.17, 15) is 4.79 Å². The van der Waals surface area contributed by atoms with Gasteiger partial charge in [0, 0.05) is 17.8 Å². The fourth-order valence-electron chi connectivity index (χ4n) is 1.96. The van der Waals surface area contributed by atoms with Crippen molar-refractivity contribution in [3.8, 4) is 0 Å². The first-order chi connectivity index (χ1) is 9.60. The van der Waals surface area contributed by atoms with Crippen LogP contribution in [0.1, 0.15) is 22.8 Å². The van der Waals surface area contributed by atoms with E-state index >= 15 is 0 Å². The third-order valence-electron chi connectivity index (χ3n) is 2.95. The summed E-state index contributed by atoms with van der Waals surface area (Å²) in [6, 6.07) is 13.3. The number of hydrogen-bond donors (Lipinski definition) is 3. The molecule has 0 aliphatic heterocycles. The molecule has 0 aliphatic rings. The van der Waals surface area contributed by atoms with Gasteiger partial charge in [-0.1, -0.05) is 12.1 Å². The molecule has 0 saturated carbocycles. The van der Waals surface area contributed by atoms with Gasteiger partial charge in [-0.15, -0.1) is 0 Å². The predicted molar refractivity (Wildman–Crippen MR) is 83.3 cm³/mol. The van der Waals surface area contributed by atoms with Crippen molar-refractivity contribution in [3.05, 3.63) is 53.6 Å². The lowest BCUT2D eigenvalue weighted by atomic mass is 10.1. The van der Waals surface area contributed by atoms with E-state index in [1.807, 2.05) is 44.2 Å². The Kier molecular flexibility index (Phi) is 4.25. The average molecular weight is 269 g/mol. The van der Waals surface area contributed by atoms with Crippen LogP contribution in [0.4, 0.5) is 17.1 Å². The van der Waals surface area contributed by atoms with Gasteiger partial charge in [-0.3, -0.25) is 4.79 Å². The van der Waals surface area contributed by atoms with Gasteiger partial charge in [0.25, 0.3) is 5.91 Å². The number of rotatable bonds is 4. The van der Waals surface area contributed by atoms with Crippen LogP contribution >= 0.6 is 0 Å². The van der Waals surface area contributed by atoms with Gasteiger partial charge in [0.15, 0.2) is 0 Å². The number of hydrogen-bond acceptors (Lipinski definition) is 3. The molecule has 0 radical (unpaired) electrons. The topological polar surface area (TPSA) is 67.2 Å². The molecule has 0 atom stereocenters. The van der Waals surface area contributed by atoms with Gasteiger partial charge in [-0.25, -0.2) is 0 Å². The second kappa shape index (κ2) is 6.10. The highest BCUT2D eigenvalue weighted by Gasteiger charge is 2.07. The SMILES string of the molecule is CCNC(=O)c1ccc(Nc2cccc(C)c2)c(N)c1. The number of benzene rings is 2. The molecule has 2 rings (SSSR count). The molecule has 1 amide bonds. The predicted octanol–water partition coefficient (Wildman–Crippen LogP) is 3.07. The third-order valence-corrected chi connectivity index (χ3v) is 2.95. The summed E-state index contributed by atoms with van der Waals surface area (Å²) >= 11 is 0. The maximum atomic E-state index is 11.7. The average Bonchev–Trinajstić information content (AvgIpc) is 2.41. The van der Waals surface area contributed by atoms with Crippen LogP contribution in [0.2, 0.25) is 0 Å². The van der Waals surface area contributed by atoms with E-state index < -0.39 is 0 Å². The Hall–Kier alpha value is -2.49. The molecule has 4 N–H and O–H groups in total. The standard InChI is InChI=1S/C16H19N3O/c1-3-18-16(20)12-7-8-15(14(17)10-12)19-13-6-4-5-11(2)9-13/h4-10,19H,3,17H2,1-2H3,(H,18,20). The van der Waals surface area contributed by atoms with Gasteiger partial charge in [-0.05, 0) is 49.7 Å². The van der Waals surface area contributed by atoms with Crippen LogP contribution in [0.3, 0.4) is 0 Å². The molecule has 0 aromatic heterocycles. The summed E-state index contributed by atoms with van der Waals surface area (Å²) in [6.45, 7) is 4.52.